The number of hydrogen-bond acceptors (Lipinski definition) is 5. The van der Waals surface area contributed by atoms with Gasteiger partial charge in [0.15, 0.2) is 6.10 Å². The molecule has 5 amide bonds. The second-order valence-corrected chi connectivity index (χ2v) is 7.79. The van der Waals surface area contributed by atoms with Crippen LogP contribution in [0, 0.1) is 0 Å². The average molecular weight is 400 g/mol. The van der Waals surface area contributed by atoms with Crippen LogP contribution in [0.5, 0.6) is 5.75 Å². The second-order valence-electron chi connectivity index (χ2n) is 7.79. The Balaban J connectivity index is 1.35. The largest absolute Gasteiger partial charge is 0.479 e. The van der Waals surface area contributed by atoms with Gasteiger partial charge in [-0.05, 0) is 38.0 Å². The molecule has 3 N–H and O–H groups in total. The van der Waals surface area contributed by atoms with Gasteiger partial charge in [-0.15, -0.1) is 0 Å². The first kappa shape index (κ1) is 19.2. The zero-order valence-electron chi connectivity index (χ0n) is 16.2. The van der Waals surface area contributed by atoms with Gasteiger partial charge < -0.3 is 20.7 Å². The van der Waals surface area contributed by atoms with Crippen molar-refractivity contribution in [1.82, 2.24) is 10.2 Å². The van der Waals surface area contributed by atoms with Crippen LogP contribution in [-0.4, -0.2) is 46.8 Å². The number of fused-ring (bicyclic) bond motifs is 1. The highest BCUT2D eigenvalue weighted by Crippen LogP contribution is 2.34. The predicted octanol–water partition coefficient (Wildman–Crippen LogP) is 1.99. The minimum atomic E-state index is -0.778. The highest BCUT2D eigenvalue weighted by Gasteiger charge is 2.51. The molecule has 9 heteroatoms. The maximum atomic E-state index is 12.7. The average Bonchev–Trinajstić information content (AvgIpc) is 2.91. The van der Waals surface area contributed by atoms with Crippen molar-refractivity contribution in [3.8, 4) is 5.75 Å². The summed E-state index contributed by atoms with van der Waals surface area (Å²) in [5.41, 5.74) is 0.201. The van der Waals surface area contributed by atoms with Gasteiger partial charge in [-0.25, -0.2) is 4.79 Å². The molecule has 0 bridgehead atoms. The SMILES string of the molecule is CC1Oc2ccc(NC(=O)CCN3C(=O)NC4(CCCCC4)C3=O)cc2NC1=O. The van der Waals surface area contributed by atoms with E-state index in [0.29, 0.717) is 30.0 Å². The molecule has 0 radical (unpaired) electrons. The van der Waals surface area contributed by atoms with E-state index in [-0.39, 0.29) is 30.7 Å². The number of amides is 5. The van der Waals surface area contributed by atoms with E-state index >= 15 is 0 Å². The molecular weight excluding hydrogens is 376 g/mol. The van der Waals surface area contributed by atoms with Gasteiger partial charge in [-0.1, -0.05) is 19.3 Å². The van der Waals surface area contributed by atoms with E-state index in [1.54, 1.807) is 25.1 Å². The van der Waals surface area contributed by atoms with E-state index in [9.17, 15) is 19.2 Å². The molecule has 2 fully saturated rings. The third-order valence-corrected chi connectivity index (χ3v) is 5.71. The Morgan fingerprint density at radius 3 is 2.76 bits per heavy atom. The molecule has 1 spiro atoms. The number of benzene rings is 1. The van der Waals surface area contributed by atoms with Crippen molar-refractivity contribution in [3.05, 3.63) is 18.2 Å². The number of nitrogens with one attached hydrogen (secondary N) is 3. The van der Waals surface area contributed by atoms with Crippen molar-refractivity contribution in [1.29, 1.82) is 0 Å². The summed E-state index contributed by atoms with van der Waals surface area (Å²) in [6.45, 7) is 1.68. The molecule has 1 aromatic rings. The molecule has 3 aliphatic rings. The molecule has 1 aliphatic carbocycles. The van der Waals surface area contributed by atoms with Gasteiger partial charge in [0, 0.05) is 18.7 Å². The first-order chi connectivity index (χ1) is 13.9. The zero-order valence-corrected chi connectivity index (χ0v) is 16.2. The Kier molecular flexibility index (Phi) is 4.89. The fourth-order valence-electron chi connectivity index (χ4n) is 4.10. The van der Waals surface area contributed by atoms with E-state index in [4.69, 9.17) is 4.74 Å². The topological polar surface area (TPSA) is 117 Å². The predicted molar refractivity (Wildman–Crippen MR) is 104 cm³/mol. The lowest BCUT2D eigenvalue weighted by Crippen LogP contribution is -2.48. The summed E-state index contributed by atoms with van der Waals surface area (Å²) in [7, 11) is 0. The molecule has 2 aliphatic heterocycles. The lowest BCUT2D eigenvalue weighted by Gasteiger charge is -2.30. The molecular formula is C20H24N4O5. The monoisotopic (exact) mass is 400 g/mol. The molecule has 29 heavy (non-hydrogen) atoms. The number of rotatable bonds is 4. The van der Waals surface area contributed by atoms with Gasteiger partial charge in [-0.3, -0.25) is 19.3 Å². The quantitative estimate of drug-likeness (QED) is 0.668. The Labute approximate surface area is 168 Å². The summed E-state index contributed by atoms with van der Waals surface area (Å²) in [5, 5.41) is 8.29. The molecule has 9 nitrogen and oxygen atoms in total. The molecule has 1 saturated heterocycles. The summed E-state index contributed by atoms with van der Waals surface area (Å²) in [5.74, 6) is -0.271. The number of imide groups is 1. The van der Waals surface area contributed by atoms with Gasteiger partial charge >= 0.3 is 6.03 Å². The van der Waals surface area contributed by atoms with E-state index in [2.05, 4.69) is 16.0 Å². The van der Waals surface area contributed by atoms with Crippen LogP contribution in [0.4, 0.5) is 16.2 Å². The Hall–Kier alpha value is -3.10. The fraction of sp³-hybridized carbons (Fsp3) is 0.500. The number of urea groups is 1. The highest BCUT2D eigenvalue weighted by molar-refractivity contribution is 6.07. The van der Waals surface area contributed by atoms with Crippen molar-refractivity contribution in [2.45, 2.75) is 57.1 Å². The van der Waals surface area contributed by atoms with Crippen LogP contribution in [0.15, 0.2) is 18.2 Å². The fourth-order valence-corrected chi connectivity index (χ4v) is 4.10. The molecule has 1 atom stereocenters. The Morgan fingerprint density at radius 1 is 1.24 bits per heavy atom. The van der Waals surface area contributed by atoms with Gasteiger partial charge in [0.05, 0.1) is 5.69 Å². The van der Waals surface area contributed by atoms with Gasteiger partial charge in [0.2, 0.25) is 5.91 Å². The van der Waals surface area contributed by atoms with Crippen LogP contribution in [0.1, 0.15) is 45.4 Å². The molecule has 1 unspecified atom stereocenters. The standard InChI is InChI=1S/C20H24N4O5/c1-12-17(26)22-14-11-13(5-6-15(14)29-12)21-16(25)7-10-24-18(27)20(23-19(24)28)8-3-2-4-9-20/h5-6,11-12H,2-4,7-10H2,1H3,(H,21,25)(H,22,26)(H,23,28). The van der Waals surface area contributed by atoms with Crippen LogP contribution in [0.3, 0.4) is 0 Å². The summed E-state index contributed by atoms with van der Waals surface area (Å²) < 4.78 is 5.48. The van der Waals surface area contributed by atoms with Crippen LogP contribution in [-0.2, 0) is 14.4 Å². The van der Waals surface area contributed by atoms with E-state index in [1.807, 2.05) is 0 Å². The maximum absolute atomic E-state index is 12.7. The van der Waals surface area contributed by atoms with E-state index in [0.717, 1.165) is 24.2 Å². The van der Waals surface area contributed by atoms with Gasteiger partial charge in [0.25, 0.3) is 11.8 Å². The van der Waals surface area contributed by atoms with E-state index < -0.39 is 17.7 Å². The van der Waals surface area contributed by atoms with Gasteiger partial charge in [0.1, 0.15) is 11.3 Å². The minimum absolute atomic E-state index is 0.00772. The highest BCUT2D eigenvalue weighted by atomic mass is 16.5. The molecule has 2 heterocycles. The lowest BCUT2D eigenvalue weighted by molar-refractivity contribution is -0.132. The molecule has 1 aromatic carbocycles. The molecule has 1 saturated carbocycles. The maximum Gasteiger partial charge on any atom is 0.325 e. The summed E-state index contributed by atoms with van der Waals surface area (Å²) >= 11 is 0. The smallest absolute Gasteiger partial charge is 0.325 e. The number of nitrogens with zero attached hydrogens (tertiary/aromatic N) is 1. The van der Waals surface area contributed by atoms with Gasteiger partial charge in [-0.2, -0.15) is 0 Å². The van der Waals surface area contributed by atoms with Crippen LogP contribution >= 0.6 is 0 Å². The number of hydrogen-bond donors (Lipinski definition) is 3. The summed E-state index contributed by atoms with van der Waals surface area (Å²) in [4.78, 5) is 50.2. The summed E-state index contributed by atoms with van der Waals surface area (Å²) in [6, 6.07) is 4.53. The molecule has 4 rings (SSSR count). The first-order valence-corrected chi connectivity index (χ1v) is 9.93. The second kappa shape index (κ2) is 7.38. The number of carbonyl (C=O) groups is 4. The Morgan fingerprint density at radius 2 is 2.00 bits per heavy atom. The Bertz CT molecular complexity index is 878. The minimum Gasteiger partial charge on any atom is -0.479 e. The number of carbonyl (C=O) groups excluding carboxylic acids is 4. The van der Waals surface area contributed by atoms with E-state index in [1.165, 1.54) is 0 Å². The molecule has 154 valence electrons. The zero-order chi connectivity index (χ0) is 20.6. The van der Waals surface area contributed by atoms with Crippen molar-refractivity contribution in [2.75, 3.05) is 17.2 Å². The summed E-state index contributed by atoms with van der Waals surface area (Å²) in [6.07, 6.45) is 3.63. The first-order valence-electron chi connectivity index (χ1n) is 9.93. The number of ether oxygens (including phenoxy) is 1. The van der Waals surface area contributed by atoms with Crippen molar-refractivity contribution >= 4 is 35.1 Å². The van der Waals surface area contributed by atoms with Crippen LogP contribution < -0.4 is 20.7 Å². The van der Waals surface area contributed by atoms with Crippen molar-refractivity contribution in [3.63, 3.8) is 0 Å². The lowest BCUT2D eigenvalue weighted by atomic mass is 9.82. The third kappa shape index (κ3) is 3.64. The normalized spacial score (nSPS) is 22.6. The number of anilines is 2. The van der Waals surface area contributed by atoms with Crippen molar-refractivity contribution < 1.29 is 23.9 Å². The van der Waals surface area contributed by atoms with Crippen LogP contribution in [0.25, 0.3) is 0 Å². The third-order valence-electron chi connectivity index (χ3n) is 5.71. The van der Waals surface area contributed by atoms with Crippen LogP contribution in [0.2, 0.25) is 0 Å². The van der Waals surface area contributed by atoms with Crippen molar-refractivity contribution in [2.24, 2.45) is 0 Å². The molecule has 0 aromatic heterocycles.